The largest absolute Gasteiger partial charge is 0.434 e. The standard InChI is InChI=1S/C21H26F2N4O2/c1-3-6-19(28)27-17-11-9-15(10-12-17)13-25-21(24-2)26-14-16-7-4-5-8-18(16)29-20(22)23/h4-5,7-12,20H,3,6,13-14H2,1-2H3,(H,27,28)(H2,24,25,26). The fourth-order valence-corrected chi connectivity index (χ4v) is 2.60. The number of nitrogens with zero attached hydrogens (tertiary/aromatic N) is 1. The lowest BCUT2D eigenvalue weighted by Crippen LogP contribution is -2.36. The molecule has 0 saturated heterocycles. The van der Waals surface area contributed by atoms with Gasteiger partial charge in [0.05, 0.1) is 0 Å². The van der Waals surface area contributed by atoms with Crippen LogP contribution in [0.1, 0.15) is 30.9 Å². The first-order valence-corrected chi connectivity index (χ1v) is 9.37. The van der Waals surface area contributed by atoms with E-state index in [4.69, 9.17) is 0 Å². The summed E-state index contributed by atoms with van der Waals surface area (Å²) in [5.74, 6) is 0.655. The van der Waals surface area contributed by atoms with Crippen LogP contribution in [-0.2, 0) is 17.9 Å². The van der Waals surface area contributed by atoms with Crippen LogP contribution in [0.15, 0.2) is 53.5 Å². The fraction of sp³-hybridized carbons (Fsp3) is 0.333. The van der Waals surface area contributed by atoms with Gasteiger partial charge in [0.15, 0.2) is 5.96 Å². The van der Waals surface area contributed by atoms with E-state index in [1.807, 2.05) is 31.2 Å². The van der Waals surface area contributed by atoms with Gasteiger partial charge in [-0.3, -0.25) is 9.79 Å². The molecule has 3 N–H and O–H groups in total. The summed E-state index contributed by atoms with van der Waals surface area (Å²) in [4.78, 5) is 15.8. The SMILES string of the molecule is CCCC(=O)Nc1ccc(CNC(=NC)NCc2ccccc2OC(F)F)cc1. The number of carbonyl (C=O) groups excluding carboxylic acids is 1. The van der Waals surface area contributed by atoms with Gasteiger partial charge in [0.1, 0.15) is 5.75 Å². The van der Waals surface area contributed by atoms with Crippen LogP contribution in [-0.4, -0.2) is 25.5 Å². The molecule has 0 aliphatic rings. The molecule has 8 heteroatoms. The number of nitrogens with one attached hydrogen (secondary N) is 3. The summed E-state index contributed by atoms with van der Waals surface area (Å²) in [6, 6.07) is 14.1. The predicted octanol–water partition coefficient (Wildman–Crippen LogP) is 3.89. The zero-order valence-electron chi connectivity index (χ0n) is 16.5. The van der Waals surface area contributed by atoms with Crippen molar-refractivity contribution in [2.24, 2.45) is 4.99 Å². The highest BCUT2D eigenvalue weighted by atomic mass is 19.3. The molecule has 1 amide bonds. The smallest absolute Gasteiger partial charge is 0.387 e. The van der Waals surface area contributed by atoms with E-state index in [1.54, 1.807) is 25.2 Å². The Morgan fingerprint density at radius 1 is 1.07 bits per heavy atom. The molecular formula is C21H26F2N4O2. The van der Waals surface area contributed by atoms with Crippen LogP contribution in [0.4, 0.5) is 14.5 Å². The van der Waals surface area contributed by atoms with E-state index in [1.165, 1.54) is 6.07 Å². The van der Waals surface area contributed by atoms with Crippen molar-refractivity contribution in [1.29, 1.82) is 0 Å². The Hall–Kier alpha value is -3.16. The van der Waals surface area contributed by atoms with Crippen LogP contribution in [0.2, 0.25) is 0 Å². The molecule has 29 heavy (non-hydrogen) atoms. The second kappa shape index (κ2) is 11.6. The number of hydrogen-bond acceptors (Lipinski definition) is 3. The number of benzene rings is 2. The third-order valence-corrected chi connectivity index (χ3v) is 4.03. The average molecular weight is 404 g/mol. The lowest BCUT2D eigenvalue weighted by atomic mass is 10.2. The van der Waals surface area contributed by atoms with Crippen molar-refractivity contribution in [3.8, 4) is 5.75 Å². The van der Waals surface area contributed by atoms with Crippen molar-refractivity contribution in [1.82, 2.24) is 10.6 Å². The summed E-state index contributed by atoms with van der Waals surface area (Å²) in [6.45, 7) is -0.119. The molecule has 156 valence electrons. The van der Waals surface area contributed by atoms with Crippen molar-refractivity contribution < 1.29 is 18.3 Å². The third kappa shape index (κ3) is 7.77. The van der Waals surface area contributed by atoms with Gasteiger partial charge >= 0.3 is 6.61 Å². The number of carbonyl (C=O) groups is 1. The van der Waals surface area contributed by atoms with Gasteiger partial charge in [0.2, 0.25) is 5.91 Å². The average Bonchev–Trinajstić information content (AvgIpc) is 2.70. The Morgan fingerprint density at radius 2 is 1.76 bits per heavy atom. The second-order valence-corrected chi connectivity index (χ2v) is 6.26. The Kier molecular flexibility index (Phi) is 8.88. The van der Waals surface area contributed by atoms with E-state index in [9.17, 15) is 13.6 Å². The summed E-state index contributed by atoms with van der Waals surface area (Å²) >= 11 is 0. The van der Waals surface area contributed by atoms with E-state index < -0.39 is 6.61 Å². The maximum atomic E-state index is 12.5. The fourth-order valence-electron chi connectivity index (χ4n) is 2.60. The predicted molar refractivity (Wildman–Crippen MR) is 110 cm³/mol. The van der Waals surface area contributed by atoms with E-state index in [0.29, 0.717) is 24.5 Å². The Morgan fingerprint density at radius 3 is 2.41 bits per heavy atom. The van der Waals surface area contributed by atoms with Crippen molar-refractivity contribution in [2.75, 3.05) is 12.4 Å². The van der Waals surface area contributed by atoms with Crippen LogP contribution < -0.4 is 20.7 Å². The molecule has 2 aromatic rings. The van der Waals surface area contributed by atoms with Gasteiger partial charge in [-0.15, -0.1) is 0 Å². The normalized spacial score (nSPS) is 11.3. The first kappa shape index (κ1) is 22.1. The molecule has 0 aliphatic carbocycles. The number of anilines is 1. The molecule has 2 rings (SSSR count). The summed E-state index contributed by atoms with van der Waals surface area (Å²) < 4.78 is 29.5. The van der Waals surface area contributed by atoms with Crippen LogP contribution in [0, 0.1) is 0 Å². The van der Waals surface area contributed by atoms with Gasteiger partial charge < -0.3 is 20.7 Å². The molecule has 0 atom stereocenters. The maximum absolute atomic E-state index is 12.5. The van der Waals surface area contributed by atoms with Crippen LogP contribution >= 0.6 is 0 Å². The summed E-state index contributed by atoms with van der Waals surface area (Å²) in [5, 5.41) is 9.08. The summed E-state index contributed by atoms with van der Waals surface area (Å²) in [6.07, 6.45) is 1.30. The zero-order chi connectivity index (χ0) is 21.1. The van der Waals surface area contributed by atoms with E-state index in [-0.39, 0.29) is 18.2 Å². The molecule has 6 nitrogen and oxygen atoms in total. The van der Waals surface area contributed by atoms with Crippen molar-refractivity contribution >= 4 is 17.6 Å². The zero-order valence-corrected chi connectivity index (χ0v) is 16.5. The molecule has 0 unspecified atom stereocenters. The number of alkyl halides is 2. The first-order valence-electron chi connectivity index (χ1n) is 9.37. The lowest BCUT2D eigenvalue weighted by molar-refractivity contribution is -0.116. The second-order valence-electron chi connectivity index (χ2n) is 6.26. The number of halogens is 2. The van der Waals surface area contributed by atoms with Crippen LogP contribution in [0.3, 0.4) is 0 Å². The number of amides is 1. The molecule has 0 fully saturated rings. The van der Waals surface area contributed by atoms with Gasteiger partial charge in [0, 0.05) is 37.8 Å². The number of rotatable bonds is 9. The van der Waals surface area contributed by atoms with Gasteiger partial charge in [-0.25, -0.2) is 0 Å². The monoisotopic (exact) mass is 404 g/mol. The van der Waals surface area contributed by atoms with Crippen LogP contribution in [0.25, 0.3) is 0 Å². The van der Waals surface area contributed by atoms with E-state index >= 15 is 0 Å². The summed E-state index contributed by atoms with van der Waals surface area (Å²) in [7, 11) is 1.63. The number of hydrogen-bond donors (Lipinski definition) is 3. The minimum Gasteiger partial charge on any atom is -0.434 e. The lowest BCUT2D eigenvalue weighted by Gasteiger charge is -2.14. The molecule has 2 aromatic carbocycles. The highest BCUT2D eigenvalue weighted by Crippen LogP contribution is 2.19. The molecule has 0 radical (unpaired) electrons. The van der Waals surface area contributed by atoms with Crippen LogP contribution in [0.5, 0.6) is 5.75 Å². The minimum atomic E-state index is -2.87. The van der Waals surface area contributed by atoms with Crippen molar-refractivity contribution in [3.05, 3.63) is 59.7 Å². The highest BCUT2D eigenvalue weighted by molar-refractivity contribution is 5.90. The van der Waals surface area contributed by atoms with Gasteiger partial charge in [-0.1, -0.05) is 37.3 Å². The topological polar surface area (TPSA) is 74.8 Å². The molecule has 0 saturated carbocycles. The molecule has 0 heterocycles. The summed E-state index contributed by atoms with van der Waals surface area (Å²) in [5.41, 5.74) is 2.36. The molecular weight excluding hydrogens is 378 g/mol. The number of para-hydroxylation sites is 1. The van der Waals surface area contributed by atoms with E-state index in [2.05, 4.69) is 25.7 Å². The highest BCUT2D eigenvalue weighted by Gasteiger charge is 2.09. The Bertz CT molecular complexity index is 811. The molecule has 0 bridgehead atoms. The molecule has 0 aliphatic heterocycles. The van der Waals surface area contributed by atoms with Crippen molar-refractivity contribution in [2.45, 2.75) is 39.5 Å². The number of ether oxygens (including phenoxy) is 1. The quantitative estimate of drug-likeness (QED) is 0.438. The Labute approximate surface area is 169 Å². The first-order chi connectivity index (χ1) is 14.0. The van der Waals surface area contributed by atoms with Gasteiger partial charge in [-0.2, -0.15) is 8.78 Å². The molecule has 0 aromatic heterocycles. The van der Waals surface area contributed by atoms with E-state index in [0.717, 1.165) is 17.7 Å². The van der Waals surface area contributed by atoms with Gasteiger partial charge in [-0.05, 0) is 30.2 Å². The third-order valence-electron chi connectivity index (χ3n) is 4.03. The van der Waals surface area contributed by atoms with Gasteiger partial charge in [0.25, 0.3) is 0 Å². The number of aliphatic imine (C=N–C) groups is 1. The molecule has 0 spiro atoms. The Balaban J connectivity index is 1.86. The number of guanidine groups is 1. The maximum Gasteiger partial charge on any atom is 0.387 e. The minimum absolute atomic E-state index is 0.000852. The van der Waals surface area contributed by atoms with Crippen molar-refractivity contribution in [3.63, 3.8) is 0 Å².